The molecule has 2 heterocycles. The van der Waals surface area contributed by atoms with E-state index < -0.39 is 0 Å². The molecule has 0 N–H and O–H groups in total. The molecule has 6 nitrogen and oxygen atoms in total. The van der Waals surface area contributed by atoms with E-state index in [9.17, 15) is 0 Å². The van der Waals surface area contributed by atoms with Gasteiger partial charge in [0.25, 0.3) is 0 Å². The number of fused-ring (bicyclic) bond motifs is 7. The van der Waals surface area contributed by atoms with Crippen LogP contribution >= 0.6 is 0 Å². The summed E-state index contributed by atoms with van der Waals surface area (Å²) in [7, 11) is 0. The van der Waals surface area contributed by atoms with Gasteiger partial charge >= 0.3 is 0 Å². The van der Waals surface area contributed by atoms with Gasteiger partial charge in [-0.25, -0.2) is 0 Å². The number of ether oxygens (including phenoxy) is 1. The molecule has 0 bridgehead atoms. The van der Waals surface area contributed by atoms with Gasteiger partial charge in [-0.1, -0.05) is 109 Å². The topological polar surface area (TPSA) is 56.2 Å². The Morgan fingerprint density at radius 2 is 1.22 bits per heavy atom. The lowest BCUT2D eigenvalue weighted by Crippen LogP contribution is -2.12. The molecule has 0 aliphatic heterocycles. The Morgan fingerprint density at radius 3 is 1.96 bits per heavy atom. The Kier molecular flexibility index (Phi) is 7.88. The smallest absolute Gasteiger partial charge is 0.145 e. The quantitative estimate of drug-likeness (QED) is 0.138. The van der Waals surface area contributed by atoms with Crippen LogP contribution in [0.1, 0.15) is 5.56 Å². The molecule has 236 valence electrons. The first-order valence-electron chi connectivity index (χ1n) is 16.2. The van der Waals surface area contributed by atoms with Crippen molar-refractivity contribution in [3.8, 4) is 11.4 Å². The second kappa shape index (κ2) is 12.9. The summed E-state index contributed by atoms with van der Waals surface area (Å²) in [6.07, 6.45) is 1.96. The van der Waals surface area contributed by atoms with Crippen molar-refractivity contribution in [2.75, 3.05) is 6.61 Å². The summed E-state index contributed by atoms with van der Waals surface area (Å²) in [5.41, 5.74) is 8.70. The highest BCUT2D eigenvalue weighted by Crippen LogP contribution is 2.40. The van der Waals surface area contributed by atoms with Gasteiger partial charge in [-0.2, -0.15) is 0 Å². The Labute approximate surface area is 284 Å². The molecule has 0 saturated carbocycles. The summed E-state index contributed by atoms with van der Waals surface area (Å²) in [5, 5.41) is 4.76. The predicted octanol–water partition coefficient (Wildman–Crippen LogP) is 10.4. The minimum absolute atomic E-state index is 0.204. The molecule has 49 heavy (non-hydrogen) atoms. The molecule has 0 amide bonds. The fraction of sp³-hybridized carbons (Fsp3) is 0.0465. The zero-order chi connectivity index (χ0) is 33.2. The van der Waals surface area contributed by atoms with Crippen molar-refractivity contribution < 1.29 is 4.74 Å². The van der Waals surface area contributed by atoms with E-state index in [1.54, 1.807) is 0 Å². The molecule has 6 aromatic carbocycles. The van der Waals surface area contributed by atoms with Gasteiger partial charge in [-0.3, -0.25) is 15.0 Å². The lowest BCUT2D eigenvalue weighted by atomic mass is 10.1. The SMILES string of the molecule is C=N/C(=C\C(COc1ccccc1N=C)=N/Cn1c2ccccc2c2ccc3c4ccccc4n(-c4ccccc4)c3c21)c1ccccc1. The van der Waals surface area contributed by atoms with E-state index in [1.807, 2.05) is 60.7 Å². The fourth-order valence-electron chi connectivity index (χ4n) is 6.72. The predicted molar refractivity (Wildman–Crippen MR) is 206 cm³/mol. The highest BCUT2D eigenvalue weighted by Gasteiger charge is 2.20. The van der Waals surface area contributed by atoms with E-state index >= 15 is 0 Å². The van der Waals surface area contributed by atoms with Crippen LogP contribution in [0.3, 0.4) is 0 Å². The highest BCUT2D eigenvalue weighted by molar-refractivity contribution is 6.23. The third kappa shape index (κ3) is 5.39. The first-order chi connectivity index (χ1) is 24.2. The average molecular weight is 636 g/mol. The molecule has 6 heteroatoms. The second-order valence-electron chi connectivity index (χ2n) is 11.8. The van der Waals surface area contributed by atoms with Crippen LogP contribution in [0.25, 0.3) is 55.0 Å². The molecule has 0 unspecified atom stereocenters. The minimum Gasteiger partial charge on any atom is -0.485 e. The van der Waals surface area contributed by atoms with Gasteiger partial charge in [-0.15, -0.1) is 0 Å². The van der Waals surface area contributed by atoms with Gasteiger partial charge in [0.2, 0.25) is 0 Å². The Morgan fingerprint density at radius 1 is 0.612 bits per heavy atom. The van der Waals surface area contributed by atoms with Crippen LogP contribution in [0.5, 0.6) is 5.75 Å². The van der Waals surface area contributed by atoms with Gasteiger partial charge in [0.1, 0.15) is 24.7 Å². The third-order valence-corrected chi connectivity index (χ3v) is 8.95. The van der Waals surface area contributed by atoms with Crippen molar-refractivity contribution in [3.05, 3.63) is 157 Å². The molecule has 8 rings (SSSR count). The van der Waals surface area contributed by atoms with E-state index in [0.29, 0.717) is 29.5 Å². The van der Waals surface area contributed by atoms with Crippen molar-refractivity contribution in [1.82, 2.24) is 9.13 Å². The molecular weight excluding hydrogens is 603 g/mol. The summed E-state index contributed by atoms with van der Waals surface area (Å²) >= 11 is 0. The van der Waals surface area contributed by atoms with Gasteiger partial charge in [0, 0.05) is 32.8 Å². The van der Waals surface area contributed by atoms with Crippen LogP contribution in [0.15, 0.2) is 167 Å². The number of hydrogen-bond donors (Lipinski definition) is 0. The van der Waals surface area contributed by atoms with Crippen LogP contribution in [0.4, 0.5) is 5.69 Å². The third-order valence-electron chi connectivity index (χ3n) is 8.95. The normalized spacial score (nSPS) is 12.2. The maximum Gasteiger partial charge on any atom is 0.145 e. The molecule has 0 saturated heterocycles. The standard InChI is InChI=1S/C43H33N5O/c1-44-37-21-11-14-24-41(37)49-28-31(27-38(45-2)30-15-5-3-6-16-30)46-29-47-39-22-12-9-19-33(39)35-25-26-36-34-20-10-13-23-40(34)48(43(36)42(35)47)32-17-7-4-8-18-32/h3-27H,1-2,28-29H2/b38-27-,46-31+. The average Bonchev–Trinajstić information content (AvgIpc) is 3.68. The largest absolute Gasteiger partial charge is 0.485 e. The maximum absolute atomic E-state index is 6.32. The number of benzene rings is 6. The summed E-state index contributed by atoms with van der Waals surface area (Å²) in [6.45, 7) is 8.15. The number of hydrogen-bond acceptors (Lipinski definition) is 4. The monoisotopic (exact) mass is 635 g/mol. The van der Waals surface area contributed by atoms with Crippen molar-refractivity contribution >= 4 is 74.1 Å². The summed E-state index contributed by atoms with van der Waals surface area (Å²) in [5.74, 6) is 0.636. The number of rotatable bonds is 10. The molecule has 0 spiro atoms. The summed E-state index contributed by atoms with van der Waals surface area (Å²) in [6, 6.07) is 49.8. The molecule has 2 aromatic heterocycles. The number of aromatic nitrogens is 2. The number of para-hydroxylation sites is 5. The molecule has 0 fully saturated rings. The fourth-order valence-corrected chi connectivity index (χ4v) is 6.72. The Hall–Kier alpha value is -6.53. The van der Waals surface area contributed by atoms with Crippen LogP contribution < -0.4 is 4.74 Å². The van der Waals surface area contributed by atoms with Crippen molar-refractivity contribution in [3.63, 3.8) is 0 Å². The molecule has 0 radical (unpaired) electrons. The van der Waals surface area contributed by atoms with Crippen LogP contribution in [-0.2, 0) is 6.67 Å². The van der Waals surface area contributed by atoms with E-state index in [-0.39, 0.29) is 6.61 Å². The van der Waals surface area contributed by atoms with Crippen LogP contribution in [0.2, 0.25) is 0 Å². The zero-order valence-electron chi connectivity index (χ0n) is 26.9. The number of nitrogens with zero attached hydrogens (tertiary/aromatic N) is 5. The van der Waals surface area contributed by atoms with E-state index in [1.165, 1.54) is 21.5 Å². The van der Waals surface area contributed by atoms with Gasteiger partial charge < -0.3 is 13.9 Å². The van der Waals surface area contributed by atoms with Crippen molar-refractivity contribution in [1.29, 1.82) is 0 Å². The lowest BCUT2D eigenvalue weighted by molar-refractivity contribution is 0.378. The Balaban J connectivity index is 1.35. The minimum atomic E-state index is 0.204. The van der Waals surface area contributed by atoms with Crippen LogP contribution in [0, 0.1) is 0 Å². The van der Waals surface area contributed by atoms with Gasteiger partial charge in [0.15, 0.2) is 0 Å². The number of aliphatic imine (C=N–C) groups is 3. The molecule has 0 atom stereocenters. The first-order valence-corrected chi connectivity index (χ1v) is 16.2. The molecule has 0 aliphatic rings. The molecule has 0 aliphatic carbocycles. The molecule has 8 aromatic rings. The molecular formula is C43H33N5O. The van der Waals surface area contributed by atoms with E-state index in [2.05, 4.69) is 124 Å². The van der Waals surface area contributed by atoms with Crippen molar-refractivity contribution in [2.45, 2.75) is 6.67 Å². The van der Waals surface area contributed by atoms with E-state index in [0.717, 1.165) is 33.3 Å². The second-order valence-corrected chi connectivity index (χ2v) is 11.8. The summed E-state index contributed by atoms with van der Waals surface area (Å²) in [4.78, 5) is 13.8. The highest BCUT2D eigenvalue weighted by atomic mass is 16.5. The Bertz CT molecular complexity index is 2560. The van der Waals surface area contributed by atoms with Crippen LogP contribution in [-0.4, -0.2) is 34.9 Å². The lowest BCUT2D eigenvalue weighted by Gasteiger charge is -2.13. The maximum atomic E-state index is 6.32. The van der Waals surface area contributed by atoms with E-state index in [4.69, 9.17) is 9.73 Å². The van der Waals surface area contributed by atoms with Gasteiger partial charge in [-0.05, 0) is 55.9 Å². The zero-order valence-corrected chi connectivity index (χ0v) is 26.9. The van der Waals surface area contributed by atoms with Gasteiger partial charge in [0.05, 0.1) is 33.5 Å². The summed E-state index contributed by atoms with van der Waals surface area (Å²) < 4.78 is 11.0. The first kappa shape index (κ1) is 29.8. The van der Waals surface area contributed by atoms with Crippen molar-refractivity contribution in [2.24, 2.45) is 15.0 Å².